The third-order valence-electron chi connectivity index (χ3n) is 6.50. The van der Waals surface area contributed by atoms with E-state index >= 15 is 0 Å². The number of anilines is 1. The van der Waals surface area contributed by atoms with E-state index in [1.165, 1.54) is 4.31 Å². The van der Waals surface area contributed by atoms with Crippen LogP contribution in [0.1, 0.15) is 37.7 Å². The van der Waals surface area contributed by atoms with E-state index < -0.39 is 15.6 Å². The van der Waals surface area contributed by atoms with Crippen LogP contribution in [-0.4, -0.2) is 55.4 Å². The average Bonchev–Trinajstić information content (AvgIpc) is 3.13. The number of piperidine rings is 1. The largest absolute Gasteiger partial charge is 0.384 e. The van der Waals surface area contributed by atoms with E-state index in [0.717, 1.165) is 37.9 Å². The summed E-state index contributed by atoms with van der Waals surface area (Å²) in [5.41, 5.74) is 7.37. The molecule has 8 nitrogen and oxygen atoms in total. The van der Waals surface area contributed by atoms with E-state index in [0.29, 0.717) is 30.6 Å². The first-order valence-electron chi connectivity index (χ1n) is 10.7. The molecule has 0 spiro atoms. The van der Waals surface area contributed by atoms with Gasteiger partial charge in [-0.3, -0.25) is 14.5 Å². The molecule has 3 aliphatic rings. The fourth-order valence-electron chi connectivity index (χ4n) is 4.95. The zero-order chi connectivity index (χ0) is 22.1. The molecule has 2 heterocycles. The lowest BCUT2D eigenvalue weighted by Gasteiger charge is -2.49. The maximum atomic E-state index is 12.3. The van der Waals surface area contributed by atoms with Gasteiger partial charge < -0.3 is 16.0 Å². The number of benzene rings is 1. The number of hydrogen-bond acceptors (Lipinski definition) is 5. The number of amides is 1. The maximum Gasteiger partial charge on any atom is 0.235 e. The monoisotopic (exact) mass is 443 g/mol. The number of sulfonamides is 1. The highest BCUT2D eigenvalue weighted by molar-refractivity contribution is 7.89. The molecular formula is C22H29N5O3S. The summed E-state index contributed by atoms with van der Waals surface area (Å²) in [6.45, 7) is 1.33. The van der Waals surface area contributed by atoms with Gasteiger partial charge in [0.1, 0.15) is 5.84 Å². The van der Waals surface area contributed by atoms with E-state index in [-0.39, 0.29) is 17.6 Å². The number of allylic oxidation sites excluding steroid dienone is 1. The Morgan fingerprint density at radius 1 is 1.26 bits per heavy atom. The molecule has 4 N–H and O–H groups in total. The van der Waals surface area contributed by atoms with Crippen molar-refractivity contribution < 1.29 is 13.2 Å². The lowest BCUT2D eigenvalue weighted by atomic mass is 9.78. The fraction of sp³-hybridized carbons (Fsp3) is 0.455. The van der Waals surface area contributed by atoms with Crippen molar-refractivity contribution in [3.63, 3.8) is 0 Å². The van der Waals surface area contributed by atoms with Crippen molar-refractivity contribution in [1.82, 2.24) is 9.62 Å². The van der Waals surface area contributed by atoms with Gasteiger partial charge in [0, 0.05) is 30.0 Å². The van der Waals surface area contributed by atoms with Crippen LogP contribution in [-0.2, 0) is 14.8 Å². The van der Waals surface area contributed by atoms with Crippen LogP contribution >= 0.6 is 0 Å². The second-order valence-corrected chi connectivity index (χ2v) is 10.4. The van der Waals surface area contributed by atoms with Crippen molar-refractivity contribution in [2.75, 3.05) is 23.7 Å². The number of amidine groups is 1. The normalized spacial score (nSPS) is 27.6. The van der Waals surface area contributed by atoms with Crippen LogP contribution in [0.15, 0.2) is 48.2 Å². The van der Waals surface area contributed by atoms with E-state index in [1.807, 2.05) is 42.5 Å². The summed E-state index contributed by atoms with van der Waals surface area (Å²) in [4.78, 5) is 13.9. The van der Waals surface area contributed by atoms with Gasteiger partial charge in [-0.15, -0.1) is 0 Å². The Kier molecular flexibility index (Phi) is 5.79. The molecule has 0 bridgehead atoms. The lowest BCUT2D eigenvalue weighted by molar-refractivity contribution is -0.111. The molecule has 166 valence electrons. The highest BCUT2D eigenvalue weighted by Gasteiger charge is 2.43. The molecule has 1 aliphatic carbocycles. The smallest absolute Gasteiger partial charge is 0.235 e. The maximum absolute atomic E-state index is 12.3. The first-order chi connectivity index (χ1) is 14.9. The minimum absolute atomic E-state index is 0.00195. The molecule has 0 radical (unpaired) electrons. The number of nitrogens with one attached hydrogen (secondary N) is 2. The molecule has 2 saturated heterocycles. The number of carbonyl (C=O) groups is 1. The predicted octanol–water partition coefficient (Wildman–Crippen LogP) is 1.69. The highest BCUT2D eigenvalue weighted by Crippen LogP contribution is 2.37. The number of rotatable bonds is 6. The average molecular weight is 444 g/mol. The summed E-state index contributed by atoms with van der Waals surface area (Å²) >= 11 is 0. The van der Waals surface area contributed by atoms with Crippen molar-refractivity contribution in [2.45, 2.75) is 43.7 Å². The fourth-order valence-corrected chi connectivity index (χ4v) is 6.52. The lowest BCUT2D eigenvalue weighted by Crippen LogP contribution is -2.61. The van der Waals surface area contributed by atoms with Crippen LogP contribution in [0.2, 0.25) is 0 Å². The topological polar surface area (TPSA) is 120 Å². The van der Waals surface area contributed by atoms with E-state index in [2.05, 4.69) is 10.2 Å². The van der Waals surface area contributed by atoms with E-state index in [1.54, 1.807) is 0 Å². The second-order valence-electron chi connectivity index (χ2n) is 8.38. The predicted molar refractivity (Wildman–Crippen MR) is 121 cm³/mol. The Balaban J connectivity index is 1.65. The van der Waals surface area contributed by atoms with Crippen LogP contribution in [0.5, 0.6) is 0 Å². The molecule has 1 aromatic carbocycles. The molecule has 2 atom stereocenters. The number of nitrogens with zero attached hydrogens (tertiary/aromatic N) is 2. The highest BCUT2D eigenvalue weighted by atomic mass is 32.2. The summed E-state index contributed by atoms with van der Waals surface area (Å²) in [6, 6.07) is 7.63. The van der Waals surface area contributed by atoms with Gasteiger partial charge in [0.05, 0.1) is 17.3 Å². The molecule has 1 aromatic rings. The first-order valence-corrected chi connectivity index (χ1v) is 12.3. The summed E-state index contributed by atoms with van der Waals surface area (Å²) in [6.07, 6.45) is 10.6. The minimum Gasteiger partial charge on any atom is -0.384 e. The van der Waals surface area contributed by atoms with Gasteiger partial charge in [0.15, 0.2) is 0 Å². The van der Waals surface area contributed by atoms with Gasteiger partial charge in [-0.1, -0.05) is 24.3 Å². The number of nitrogen functional groups attached to an aromatic ring is 1. The van der Waals surface area contributed by atoms with Crippen LogP contribution in [0, 0.1) is 5.41 Å². The third-order valence-corrected chi connectivity index (χ3v) is 8.37. The van der Waals surface area contributed by atoms with E-state index in [9.17, 15) is 13.2 Å². The van der Waals surface area contributed by atoms with Crippen LogP contribution in [0.4, 0.5) is 5.69 Å². The van der Waals surface area contributed by atoms with Crippen LogP contribution in [0.25, 0.3) is 0 Å². The molecule has 9 heteroatoms. The first kappa shape index (κ1) is 21.4. The number of hydrogen-bond donors (Lipinski definition) is 3. The van der Waals surface area contributed by atoms with Crippen molar-refractivity contribution in [3.05, 3.63) is 53.8 Å². The van der Waals surface area contributed by atoms with Crippen molar-refractivity contribution in [1.29, 1.82) is 5.41 Å². The molecular weight excluding hydrogens is 414 g/mol. The SMILES string of the molecule is N=C(N)c1cccc(N2CCCCC2C2(NC=O)C=CC(N3CCCS3(=O)=O)=CC2)c1. The number of carbonyl (C=O) groups excluding carboxylic acids is 1. The zero-order valence-corrected chi connectivity index (χ0v) is 18.3. The van der Waals surface area contributed by atoms with Crippen molar-refractivity contribution in [3.8, 4) is 0 Å². The second kappa shape index (κ2) is 8.37. The molecule has 4 rings (SSSR count). The molecule has 31 heavy (non-hydrogen) atoms. The summed E-state index contributed by atoms with van der Waals surface area (Å²) < 4.78 is 26.1. The molecule has 1 amide bonds. The molecule has 0 saturated carbocycles. The van der Waals surface area contributed by atoms with Gasteiger partial charge in [-0.25, -0.2) is 8.42 Å². The van der Waals surface area contributed by atoms with Gasteiger partial charge in [-0.2, -0.15) is 0 Å². The Hall–Kier alpha value is -2.81. The van der Waals surface area contributed by atoms with Gasteiger partial charge in [0.25, 0.3) is 0 Å². The summed E-state index contributed by atoms with van der Waals surface area (Å²) in [5.74, 6) is 0.201. The van der Waals surface area contributed by atoms with Crippen LogP contribution < -0.4 is 16.0 Å². The minimum atomic E-state index is -3.25. The Morgan fingerprint density at radius 3 is 2.74 bits per heavy atom. The van der Waals surface area contributed by atoms with E-state index in [4.69, 9.17) is 11.1 Å². The Labute approximate surface area is 183 Å². The van der Waals surface area contributed by atoms with Gasteiger partial charge in [0.2, 0.25) is 16.4 Å². The summed E-state index contributed by atoms with van der Waals surface area (Å²) in [7, 11) is -3.25. The molecule has 2 aliphatic heterocycles. The van der Waals surface area contributed by atoms with Gasteiger partial charge in [-0.05, 0) is 50.3 Å². The number of nitrogens with two attached hydrogens (primary N) is 1. The standard InChI is InChI=1S/C22H29N5O3S/c23-21(24)17-5-3-6-19(15-17)26-12-2-1-7-20(26)22(25-16-28)10-8-18(9-11-22)27-13-4-14-31(27,29)30/h3,5-6,8-10,15-16,20H,1-2,4,7,11-14H2,(H3,23,24)(H,25,28). The molecule has 2 fully saturated rings. The Morgan fingerprint density at radius 2 is 2.10 bits per heavy atom. The third kappa shape index (κ3) is 4.06. The molecule has 2 unspecified atom stereocenters. The zero-order valence-electron chi connectivity index (χ0n) is 17.5. The summed E-state index contributed by atoms with van der Waals surface area (Å²) in [5, 5.41) is 10.8. The van der Waals surface area contributed by atoms with Crippen LogP contribution in [0.3, 0.4) is 0 Å². The van der Waals surface area contributed by atoms with Crippen molar-refractivity contribution >= 4 is 28.0 Å². The quantitative estimate of drug-likeness (QED) is 0.351. The Bertz CT molecular complexity index is 1040. The molecule has 0 aromatic heterocycles. The van der Waals surface area contributed by atoms with Gasteiger partial charge >= 0.3 is 0 Å². The van der Waals surface area contributed by atoms with Crippen molar-refractivity contribution in [2.24, 2.45) is 5.73 Å².